The second kappa shape index (κ2) is 5.29. The quantitative estimate of drug-likeness (QED) is 0.915. The Morgan fingerprint density at radius 1 is 1.13 bits per heavy atom. The minimum absolute atomic E-state index is 0.119. The first-order chi connectivity index (χ1) is 10.9. The van der Waals surface area contributed by atoms with E-state index in [1.807, 2.05) is 13.0 Å². The number of nitrogens with zero attached hydrogens (tertiary/aromatic N) is 2. The van der Waals surface area contributed by atoms with E-state index >= 15 is 0 Å². The van der Waals surface area contributed by atoms with Crippen LogP contribution in [0.15, 0.2) is 6.07 Å². The summed E-state index contributed by atoms with van der Waals surface area (Å²) in [5.41, 5.74) is 0.801. The number of hydrogen-bond acceptors (Lipinski definition) is 3. The van der Waals surface area contributed by atoms with Gasteiger partial charge in [-0.3, -0.25) is 4.79 Å². The summed E-state index contributed by atoms with van der Waals surface area (Å²) in [6, 6.07) is 1.89. The number of nitrogens with one attached hydrogen (secondary N) is 1. The lowest BCUT2D eigenvalue weighted by atomic mass is 9.49. The van der Waals surface area contributed by atoms with Crippen LogP contribution in [0.3, 0.4) is 0 Å². The summed E-state index contributed by atoms with van der Waals surface area (Å²) in [5.74, 6) is 4.32. The second-order valence-electron chi connectivity index (χ2n) is 8.56. The summed E-state index contributed by atoms with van der Waals surface area (Å²) in [7, 11) is 0. The topological polar surface area (TPSA) is 54.9 Å². The molecule has 5 rings (SSSR count). The maximum atomic E-state index is 13.1. The van der Waals surface area contributed by atoms with Crippen LogP contribution < -0.4 is 5.32 Å². The lowest BCUT2D eigenvalue weighted by molar-refractivity contribution is -0.140. The van der Waals surface area contributed by atoms with Gasteiger partial charge in [-0.1, -0.05) is 13.8 Å². The number of aryl methyl sites for hydroxylation is 1. The normalized spacial score (nSPS) is 34.9. The fourth-order valence-electron chi connectivity index (χ4n) is 5.55. The third-order valence-corrected chi connectivity index (χ3v) is 6.15. The first-order valence-corrected chi connectivity index (χ1v) is 9.10. The SMILES string of the molecule is Cc1cc(NC(=O)C23CC4CC(CC(C4)C2)C3)nc(C(C)C)n1. The van der Waals surface area contributed by atoms with E-state index in [0.717, 1.165) is 48.5 Å². The molecular formula is C19H27N3O. The molecule has 4 nitrogen and oxygen atoms in total. The number of amides is 1. The van der Waals surface area contributed by atoms with Crippen LogP contribution in [0.1, 0.15) is 69.8 Å². The molecule has 1 amide bonds. The van der Waals surface area contributed by atoms with Gasteiger partial charge >= 0.3 is 0 Å². The first kappa shape index (κ1) is 15.1. The van der Waals surface area contributed by atoms with E-state index in [4.69, 9.17) is 0 Å². The van der Waals surface area contributed by atoms with Crippen LogP contribution in [0.2, 0.25) is 0 Å². The van der Waals surface area contributed by atoms with Gasteiger partial charge in [0.1, 0.15) is 11.6 Å². The predicted molar refractivity (Wildman–Crippen MR) is 90.1 cm³/mol. The average Bonchev–Trinajstić information content (AvgIpc) is 2.45. The first-order valence-electron chi connectivity index (χ1n) is 9.10. The molecule has 1 N–H and O–H groups in total. The number of carbonyl (C=O) groups excluding carboxylic acids is 1. The van der Waals surface area contributed by atoms with Crippen LogP contribution in [0.5, 0.6) is 0 Å². The van der Waals surface area contributed by atoms with Crippen molar-refractivity contribution in [3.63, 3.8) is 0 Å². The Hall–Kier alpha value is -1.45. The van der Waals surface area contributed by atoms with E-state index < -0.39 is 0 Å². The molecule has 4 aliphatic carbocycles. The van der Waals surface area contributed by atoms with E-state index in [0.29, 0.717) is 5.82 Å². The molecule has 4 bridgehead atoms. The summed E-state index contributed by atoms with van der Waals surface area (Å²) in [5, 5.41) is 3.14. The summed E-state index contributed by atoms with van der Waals surface area (Å²) >= 11 is 0. The van der Waals surface area contributed by atoms with Crippen LogP contribution in [-0.2, 0) is 4.79 Å². The Kier molecular flexibility index (Phi) is 3.47. The predicted octanol–water partition coefficient (Wildman–Crippen LogP) is 4.06. The van der Waals surface area contributed by atoms with Crippen LogP contribution in [-0.4, -0.2) is 15.9 Å². The van der Waals surface area contributed by atoms with Crippen molar-refractivity contribution < 1.29 is 4.79 Å². The molecule has 4 saturated carbocycles. The van der Waals surface area contributed by atoms with E-state index in [-0.39, 0.29) is 17.2 Å². The molecule has 0 saturated heterocycles. The van der Waals surface area contributed by atoms with Crippen molar-refractivity contribution in [1.82, 2.24) is 9.97 Å². The standard InChI is InChI=1S/C19H27N3O/c1-11(2)17-20-12(3)4-16(21-17)22-18(23)19-8-13-5-14(9-19)7-15(6-13)10-19/h4,11,13-15H,5-10H2,1-3H3,(H,20,21,22,23). The largest absolute Gasteiger partial charge is 0.310 e. The Bertz CT molecular complexity index is 602. The maximum Gasteiger partial charge on any atom is 0.231 e. The van der Waals surface area contributed by atoms with Gasteiger partial charge in [-0.05, 0) is 63.2 Å². The average molecular weight is 313 g/mol. The smallest absolute Gasteiger partial charge is 0.231 e. The van der Waals surface area contributed by atoms with Crippen molar-refractivity contribution in [1.29, 1.82) is 0 Å². The molecule has 23 heavy (non-hydrogen) atoms. The van der Waals surface area contributed by atoms with Gasteiger partial charge in [-0.2, -0.15) is 0 Å². The van der Waals surface area contributed by atoms with Crippen molar-refractivity contribution in [3.8, 4) is 0 Å². The van der Waals surface area contributed by atoms with E-state index in [1.54, 1.807) is 0 Å². The highest BCUT2D eigenvalue weighted by Crippen LogP contribution is 2.60. The van der Waals surface area contributed by atoms with E-state index in [1.165, 1.54) is 19.3 Å². The highest BCUT2D eigenvalue weighted by atomic mass is 16.2. The van der Waals surface area contributed by atoms with Gasteiger partial charge in [0.15, 0.2) is 0 Å². The molecule has 1 aromatic heterocycles. The Balaban J connectivity index is 1.56. The molecular weight excluding hydrogens is 286 g/mol. The van der Waals surface area contributed by atoms with Gasteiger partial charge in [-0.15, -0.1) is 0 Å². The molecule has 0 unspecified atom stereocenters. The Morgan fingerprint density at radius 2 is 1.70 bits per heavy atom. The molecule has 4 fully saturated rings. The molecule has 0 radical (unpaired) electrons. The second-order valence-corrected chi connectivity index (χ2v) is 8.56. The number of aromatic nitrogens is 2. The minimum Gasteiger partial charge on any atom is -0.310 e. The molecule has 4 heteroatoms. The minimum atomic E-state index is -0.119. The molecule has 0 aromatic carbocycles. The fraction of sp³-hybridized carbons (Fsp3) is 0.737. The molecule has 1 heterocycles. The van der Waals surface area contributed by atoms with Crippen LogP contribution in [0.4, 0.5) is 5.82 Å². The molecule has 124 valence electrons. The maximum absolute atomic E-state index is 13.1. The van der Waals surface area contributed by atoms with Crippen LogP contribution in [0, 0.1) is 30.1 Å². The van der Waals surface area contributed by atoms with Gasteiger partial charge in [0.25, 0.3) is 0 Å². The Labute approximate surface area is 138 Å². The van der Waals surface area contributed by atoms with Gasteiger partial charge in [0, 0.05) is 17.7 Å². The molecule has 4 aliphatic rings. The summed E-state index contributed by atoms with van der Waals surface area (Å²) < 4.78 is 0. The highest BCUT2D eigenvalue weighted by molar-refractivity contribution is 5.95. The van der Waals surface area contributed by atoms with E-state index in [9.17, 15) is 4.79 Å². The monoisotopic (exact) mass is 313 g/mol. The Morgan fingerprint density at radius 3 is 2.22 bits per heavy atom. The van der Waals surface area contributed by atoms with Gasteiger partial charge in [-0.25, -0.2) is 9.97 Å². The van der Waals surface area contributed by atoms with Gasteiger partial charge in [0.2, 0.25) is 5.91 Å². The molecule has 0 aliphatic heterocycles. The zero-order valence-corrected chi connectivity index (χ0v) is 14.4. The summed E-state index contributed by atoms with van der Waals surface area (Å²) in [6.45, 7) is 6.13. The van der Waals surface area contributed by atoms with Crippen LogP contribution in [0.25, 0.3) is 0 Å². The number of rotatable bonds is 3. The molecule has 0 spiro atoms. The van der Waals surface area contributed by atoms with E-state index in [2.05, 4.69) is 29.1 Å². The third kappa shape index (κ3) is 2.66. The summed E-state index contributed by atoms with van der Waals surface area (Å²) in [4.78, 5) is 22.1. The number of hydrogen-bond donors (Lipinski definition) is 1. The zero-order chi connectivity index (χ0) is 16.2. The molecule has 1 aromatic rings. The number of anilines is 1. The summed E-state index contributed by atoms with van der Waals surface area (Å²) in [6.07, 6.45) is 7.34. The van der Waals surface area contributed by atoms with Crippen molar-refractivity contribution in [2.24, 2.45) is 23.2 Å². The number of carbonyl (C=O) groups is 1. The van der Waals surface area contributed by atoms with Gasteiger partial charge in [0.05, 0.1) is 5.41 Å². The highest BCUT2D eigenvalue weighted by Gasteiger charge is 2.54. The van der Waals surface area contributed by atoms with Gasteiger partial charge < -0.3 is 5.32 Å². The zero-order valence-electron chi connectivity index (χ0n) is 14.4. The lowest BCUT2D eigenvalue weighted by Crippen LogP contribution is -2.51. The molecule has 0 atom stereocenters. The van der Waals surface area contributed by atoms with Crippen molar-refractivity contribution >= 4 is 11.7 Å². The third-order valence-electron chi connectivity index (χ3n) is 6.15. The van der Waals surface area contributed by atoms with Crippen molar-refractivity contribution in [2.75, 3.05) is 5.32 Å². The van der Waals surface area contributed by atoms with Crippen molar-refractivity contribution in [2.45, 2.75) is 65.2 Å². The lowest BCUT2D eigenvalue weighted by Gasteiger charge is -2.55. The fourth-order valence-corrected chi connectivity index (χ4v) is 5.55. The van der Waals surface area contributed by atoms with Crippen LogP contribution >= 0.6 is 0 Å². The van der Waals surface area contributed by atoms with Crippen molar-refractivity contribution in [3.05, 3.63) is 17.6 Å².